The van der Waals surface area contributed by atoms with E-state index in [4.69, 9.17) is 37.0 Å². The van der Waals surface area contributed by atoms with E-state index >= 15 is 0 Å². The van der Waals surface area contributed by atoms with Crippen LogP contribution in [0.5, 0.6) is 0 Å². The van der Waals surface area contributed by atoms with Crippen molar-refractivity contribution in [1.29, 1.82) is 0 Å². The number of hydrogen-bond acceptors (Lipinski definition) is 15. The first kappa shape index (κ1) is 106. The molecule has 0 saturated carbocycles. The Morgan fingerprint density at radius 1 is 0.250 bits per heavy atom. The van der Waals surface area contributed by atoms with Crippen LogP contribution in [0.3, 0.4) is 0 Å². The van der Waals surface area contributed by atoms with Gasteiger partial charge in [0.2, 0.25) is 0 Å². The van der Waals surface area contributed by atoms with E-state index in [2.05, 4.69) is 48.5 Å². The summed E-state index contributed by atoms with van der Waals surface area (Å²) in [7, 11) is -9.93. The lowest BCUT2D eigenvalue weighted by atomic mass is 10.0. The molecule has 0 amide bonds. The number of esters is 4. The largest absolute Gasteiger partial charge is 0.472 e. The summed E-state index contributed by atoms with van der Waals surface area (Å²) in [6.45, 7) is 12.0. The van der Waals surface area contributed by atoms with E-state index in [0.717, 1.165) is 108 Å². The Hall–Kier alpha value is -1.94. The number of rotatable bonds is 87. The second kappa shape index (κ2) is 78.9. The van der Waals surface area contributed by atoms with Gasteiger partial charge < -0.3 is 33.8 Å². The average Bonchev–Trinajstić information content (AvgIpc) is 0.899. The second-order valence-corrected chi connectivity index (χ2v) is 36.3. The highest BCUT2D eigenvalue weighted by molar-refractivity contribution is 7.47. The number of aliphatic hydroxyl groups is 1. The fourth-order valence-corrected chi connectivity index (χ4v) is 15.5. The first-order chi connectivity index (χ1) is 52.2. The molecule has 642 valence electrons. The van der Waals surface area contributed by atoms with Gasteiger partial charge in [-0.1, -0.05) is 421 Å². The topological polar surface area (TPSA) is 237 Å². The summed E-state index contributed by atoms with van der Waals surface area (Å²) in [4.78, 5) is 73.3. The molecular formula is C89H174O17P2. The molecule has 0 fully saturated rings. The third-order valence-electron chi connectivity index (χ3n) is 20.9. The van der Waals surface area contributed by atoms with Crippen LogP contribution in [-0.2, 0) is 65.4 Å². The summed E-state index contributed by atoms with van der Waals surface area (Å²) >= 11 is 0. The Kier molecular flexibility index (Phi) is 77.5. The van der Waals surface area contributed by atoms with Crippen LogP contribution >= 0.6 is 15.6 Å². The van der Waals surface area contributed by atoms with Crippen molar-refractivity contribution in [2.24, 2.45) is 17.8 Å². The molecule has 0 aromatic carbocycles. The first-order valence-corrected chi connectivity index (χ1v) is 48.8. The highest BCUT2D eigenvalue weighted by atomic mass is 31.2. The second-order valence-electron chi connectivity index (χ2n) is 33.4. The predicted octanol–water partition coefficient (Wildman–Crippen LogP) is 27.3. The molecule has 0 spiro atoms. The minimum Gasteiger partial charge on any atom is -0.462 e. The fourth-order valence-electron chi connectivity index (χ4n) is 13.9. The third-order valence-corrected chi connectivity index (χ3v) is 22.8. The number of phosphoric acid groups is 2. The van der Waals surface area contributed by atoms with Gasteiger partial charge >= 0.3 is 39.5 Å². The first-order valence-electron chi connectivity index (χ1n) is 45.8. The molecule has 0 aliphatic rings. The summed E-state index contributed by atoms with van der Waals surface area (Å²) < 4.78 is 69.0. The Balaban J connectivity index is 5.24. The number of phosphoric ester groups is 2. The maximum Gasteiger partial charge on any atom is 0.472 e. The van der Waals surface area contributed by atoms with Gasteiger partial charge in [-0.05, 0) is 43.4 Å². The van der Waals surface area contributed by atoms with Gasteiger partial charge in [0.15, 0.2) is 12.2 Å². The zero-order valence-electron chi connectivity index (χ0n) is 71.3. The number of unbranched alkanes of at least 4 members (excludes halogenated alkanes) is 55. The molecule has 0 aliphatic heterocycles. The quantitative estimate of drug-likeness (QED) is 0.0222. The summed E-state index contributed by atoms with van der Waals surface area (Å²) in [5.41, 5.74) is 0. The van der Waals surface area contributed by atoms with Crippen molar-refractivity contribution in [3.63, 3.8) is 0 Å². The van der Waals surface area contributed by atoms with Crippen molar-refractivity contribution < 1.29 is 80.2 Å². The monoisotopic (exact) mass is 1580 g/mol. The van der Waals surface area contributed by atoms with Crippen molar-refractivity contribution >= 4 is 39.5 Å². The van der Waals surface area contributed by atoms with Crippen LogP contribution in [-0.4, -0.2) is 96.7 Å². The molecule has 0 saturated heterocycles. The van der Waals surface area contributed by atoms with Gasteiger partial charge in [-0.3, -0.25) is 37.3 Å². The molecule has 0 heterocycles. The van der Waals surface area contributed by atoms with E-state index in [9.17, 15) is 43.2 Å². The summed E-state index contributed by atoms with van der Waals surface area (Å²) in [5.74, 6) is 0.247. The van der Waals surface area contributed by atoms with Crippen LogP contribution in [0.1, 0.15) is 472 Å². The lowest BCUT2D eigenvalue weighted by Gasteiger charge is -2.21. The molecule has 0 bridgehead atoms. The molecular weight excluding hydrogens is 1400 g/mol. The summed E-state index contributed by atoms with van der Waals surface area (Å²) in [5, 5.41) is 10.7. The van der Waals surface area contributed by atoms with E-state index in [1.807, 2.05) is 0 Å². The molecule has 0 aromatic rings. The summed E-state index contributed by atoms with van der Waals surface area (Å²) in [6.07, 6.45) is 70.9. The van der Waals surface area contributed by atoms with Gasteiger partial charge in [0.05, 0.1) is 26.4 Å². The van der Waals surface area contributed by atoms with Gasteiger partial charge in [-0.2, -0.15) is 0 Å². The van der Waals surface area contributed by atoms with Crippen LogP contribution in [0.15, 0.2) is 0 Å². The summed E-state index contributed by atoms with van der Waals surface area (Å²) in [6, 6.07) is 0. The van der Waals surface area contributed by atoms with Gasteiger partial charge in [0.1, 0.15) is 19.3 Å². The van der Waals surface area contributed by atoms with Crippen molar-refractivity contribution in [3.05, 3.63) is 0 Å². The maximum absolute atomic E-state index is 13.2. The minimum atomic E-state index is -4.97. The molecule has 0 radical (unpaired) electrons. The highest BCUT2D eigenvalue weighted by Crippen LogP contribution is 2.45. The molecule has 17 nitrogen and oxygen atoms in total. The standard InChI is InChI=1S/C89H174O17P2/c1-8-9-10-11-12-13-14-15-16-17-18-19-27-32-37-42-51-58-65-73-89(94)106-85(77-100-87(92)71-64-57-50-45-44-48-55-62-69-82(6)7)79-104-108(97,98)102-75-83(90)74-101-107(95,96)103-78-84(105-88(93)72-66-59-52-43-38-33-28-23-21-25-30-35-40-47-54-61-68-81(4)5)76-99-86(91)70-63-56-49-41-36-31-26-22-20-24-29-34-39-46-53-60-67-80(2)3/h80-85,90H,8-79H2,1-7H3,(H,95,96)(H,97,98)/t83-,84-,85-/m1/s1. The number of carbonyl (C=O) groups is 4. The van der Waals surface area contributed by atoms with Crippen LogP contribution in [0, 0.1) is 17.8 Å². The lowest BCUT2D eigenvalue weighted by molar-refractivity contribution is -0.161. The molecule has 5 atom stereocenters. The average molecular weight is 1580 g/mol. The van der Waals surface area contributed by atoms with Crippen molar-refractivity contribution in [2.45, 2.75) is 491 Å². The predicted molar refractivity (Wildman–Crippen MR) is 446 cm³/mol. The van der Waals surface area contributed by atoms with Crippen LogP contribution in [0.25, 0.3) is 0 Å². The molecule has 2 unspecified atom stereocenters. The van der Waals surface area contributed by atoms with Crippen LogP contribution in [0.2, 0.25) is 0 Å². The Morgan fingerprint density at radius 3 is 0.630 bits per heavy atom. The van der Waals surface area contributed by atoms with E-state index in [1.54, 1.807) is 0 Å². The van der Waals surface area contributed by atoms with Gasteiger partial charge in [0, 0.05) is 25.7 Å². The maximum atomic E-state index is 13.2. The van der Waals surface area contributed by atoms with Crippen LogP contribution < -0.4 is 0 Å². The molecule has 0 rings (SSSR count). The molecule has 108 heavy (non-hydrogen) atoms. The molecule has 3 N–H and O–H groups in total. The number of ether oxygens (including phenoxy) is 4. The number of hydrogen-bond donors (Lipinski definition) is 3. The van der Waals surface area contributed by atoms with E-state index in [0.29, 0.717) is 25.7 Å². The Morgan fingerprint density at radius 2 is 0.426 bits per heavy atom. The van der Waals surface area contributed by atoms with Crippen molar-refractivity contribution in [2.75, 3.05) is 39.6 Å². The Labute approximate surface area is 664 Å². The molecule has 19 heteroatoms. The smallest absolute Gasteiger partial charge is 0.462 e. The number of aliphatic hydroxyl groups excluding tert-OH is 1. The van der Waals surface area contributed by atoms with Crippen molar-refractivity contribution in [1.82, 2.24) is 0 Å². The fraction of sp³-hybridized carbons (Fsp3) is 0.955. The van der Waals surface area contributed by atoms with E-state index in [1.165, 1.54) is 283 Å². The number of carbonyl (C=O) groups excluding carboxylic acids is 4. The zero-order valence-corrected chi connectivity index (χ0v) is 73.1. The van der Waals surface area contributed by atoms with E-state index < -0.39 is 97.5 Å². The highest BCUT2D eigenvalue weighted by Gasteiger charge is 2.31. The zero-order chi connectivity index (χ0) is 79.3. The molecule has 0 aromatic heterocycles. The third kappa shape index (κ3) is 82.1. The normalized spacial score (nSPS) is 13.8. The van der Waals surface area contributed by atoms with Crippen molar-refractivity contribution in [3.8, 4) is 0 Å². The Bertz CT molecular complexity index is 2080. The minimum absolute atomic E-state index is 0.108. The lowest BCUT2D eigenvalue weighted by Crippen LogP contribution is -2.30. The molecule has 0 aliphatic carbocycles. The van der Waals surface area contributed by atoms with Crippen LogP contribution in [0.4, 0.5) is 0 Å². The van der Waals surface area contributed by atoms with Gasteiger partial charge in [-0.25, -0.2) is 9.13 Å². The van der Waals surface area contributed by atoms with Gasteiger partial charge in [0.25, 0.3) is 0 Å². The SMILES string of the molecule is CCCCCCCCCCCCCCCCCCCCCC(=O)O[C@H](COC(=O)CCCCCCCCCCC(C)C)COP(=O)(O)OC[C@H](O)COP(=O)(O)OC[C@@H](COC(=O)CCCCCCCCCCCCCCCCCCC(C)C)OC(=O)CCCCCCCCCCCCCCCCCCC(C)C. The van der Waals surface area contributed by atoms with E-state index in [-0.39, 0.29) is 25.7 Å². The van der Waals surface area contributed by atoms with Gasteiger partial charge in [-0.15, -0.1) is 0 Å².